The number of nitrogens with zero attached hydrogens (tertiary/aromatic N) is 1. The summed E-state index contributed by atoms with van der Waals surface area (Å²) in [6.07, 6.45) is 1.39. The zero-order chi connectivity index (χ0) is 20.6. The third kappa shape index (κ3) is 3.84. The predicted octanol–water partition coefficient (Wildman–Crippen LogP) is 3.64. The van der Waals surface area contributed by atoms with Crippen LogP contribution in [0.2, 0.25) is 0 Å². The average Bonchev–Trinajstić information content (AvgIpc) is 3.44. The summed E-state index contributed by atoms with van der Waals surface area (Å²) in [6, 6.07) is 15.0. The van der Waals surface area contributed by atoms with E-state index in [0.29, 0.717) is 12.8 Å². The van der Waals surface area contributed by atoms with Gasteiger partial charge in [-0.15, -0.1) is 0 Å². The van der Waals surface area contributed by atoms with Crippen LogP contribution in [0.5, 0.6) is 0 Å². The lowest BCUT2D eigenvalue weighted by molar-refractivity contribution is -0.133. The first-order valence-electron chi connectivity index (χ1n) is 8.55. The van der Waals surface area contributed by atoms with E-state index >= 15 is 0 Å². The zero-order valence-corrected chi connectivity index (χ0v) is 15.8. The molecular formula is C19H19F3N2O3S. The minimum atomic E-state index is -5.54. The third-order valence-corrected chi connectivity index (χ3v) is 5.90. The lowest BCUT2D eigenvalue weighted by Gasteiger charge is -2.25. The molecule has 0 bridgehead atoms. The maximum atomic E-state index is 13.0. The van der Waals surface area contributed by atoms with Gasteiger partial charge in [0.15, 0.2) is 0 Å². The number of amides is 1. The molecule has 1 saturated carbocycles. The summed E-state index contributed by atoms with van der Waals surface area (Å²) in [6.45, 7) is -0.0238. The number of benzene rings is 2. The smallest absolute Gasteiger partial charge is 0.341 e. The maximum Gasteiger partial charge on any atom is 0.516 e. The van der Waals surface area contributed by atoms with E-state index in [1.807, 2.05) is 30.3 Å². The van der Waals surface area contributed by atoms with Gasteiger partial charge in [0.25, 0.3) is 0 Å². The summed E-state index contributed by atoms with van der Waals surface area (Å²) in [5.74, 6) is -0.146. The van der Waals surface area contributed by atoms with Crippen LogP contribution in [-0.4, -0.2) is 31.8 Å². The summed E-state index contributed by atoms with van der Waals surface area (Å²) in [5.41, 5.74) is -5.07. The number of carbonyl (C=O) groups excluding carboxylic acids is 1. The van der Waals surface area contributed by atoms with Gasteiger partial charge in [-0.25, -0.2) is 0 Å². The van der Waals surface area contributed by atoms with Gasteiger partial charge in [-0.2, -0.15) is 21.6 Å². The van der Waals surface area contributed by atoms with Gasteiger partial charge in [-0.05, 0) is 30.0 Å². The predicted molar refractivity (Wildman–Crippen MR) is 98.9 cm³/mol. The fourth-order valence-electron chi connectivity index (χ4n) is 3.16. The summed E-state index contributed by atoms with van der Waals surface area (Å²) < 4.78 is 62.5. The van der Waals surface area contributed by atoms with Gasteiger partial charge >= 0.3 is 15.5 Å². The highest BCUT2D eigenvalue weighted by Gasteiger charge is 2.52. The van der Waals surface area contributed by atoms with Crippen LogP contribution in [0.25, 0.3) is 0 Å². The summed E-state index contributed by atoms with van der Waals surface area (Å²) in [7, 11) is -3.99. The van der Waals surface area contributed by atoms with Gasteiger partial charge in [0.1, 0.15) is 0 Å². The second kappa shape index (κ2) is 7.12. The molecule has 2 aromatic rings. The number of halogens is 3. The first-order valence-corrected chi connectivity index (χ1v) is 10.0. The van der Waals surface area contributed by atoms with Crippen molar-refractivity contribution in [3.63, 3.8) is 0 Å². The standard InChI is InChI=1S/C19H19F3N2O3S/c1-24(17(25)18(11-12-18)15-8-3-2-4-9-15)13-14-7-5-6-10-16(14)23-28(26,27)19(20,21)22/h2-10,23H,11-13H2,1H3. The Bertz CT molecular complexity index is 971. The fourth-order valence-corrected chi connectivity index (χ4v) is 3.77. The van der Waals surface area contributed by atoms with E-state index in [-0.39, 0.29) is 23.7 Å². The quantitative estimate of drug-likeness (QED) is 0.788. The van der Waals surface area contributed by atoms with E-state index in [4.69, 9.17) is 0 Å². The molecule has 0 aromatic heterocycles. The molecule has 9 heteroatoms. The highest BCUT2D eigenvalue weighted by Crippen LogP contribution is 2.49. The molecule has 5 nitrogen and oxygen atoms in total. The molecule has 0 aliphatic heterocycles. The molecule has 1 aliphatic rings. The Balaban J connectivity index is 1.80. The second-order valence-corrected chi connectivity index (χ2v) is 8.49. The Morgan fingerprint density at radius 1 is 1.07 bits per heavy atom. The summed E-state index contributed by atoms with van der Waals surface area (Å²) in [4.78, 5) is 14.4. The Morgan fingerprint density at radius 2 is 1.64 bits per heavy atom. The van der Waals surface area contributed by atoms with Gasteiger partial charge in [0.2, 0.25) is 5.91 Å². The van der Waals surface area contributed by atoms with Gasteiger partial charge < -0.3 is 4.90 Å². The number of hydrogen-bond donors (Lipinski definition) is 1. The molecule has 1 N–H and O–H groups in total. The van der Waals surface area contributed by atoms with Crippen molar-refractivity contribution in [3.8, 4) is 0 Å². The van der Waals surface area contributed by atoms with Crippen LogP contribution in [0, 0.1) is 0 Å². The van der Waals surface area contributed by atoms with E-state index in [1.165, 1.54) is 23.1 Å². The second-order valence-electron chi connectivity index (χ2n) is 6.82. The first kappa shape index (κ1) is 20.2. The van der Waals surface area contributed by atoms with Crippen LogP contribution in [0.4, 0.5) is 18.9 Å². The van der Waals surface area contributed by atoms with Crippen molar-refractivity contribution in [1.82, 2.24) is 4.90 Å². The minimum absolute atomic E-state index is 0.0238. The molecule has 1 fully saturated rings. The van der Waals surface area contributed by atoms with E-state index in [2.05, 4.69) is 0 Å². The Kier molecular flexibility index (Phi) is 5.14. The number of rotatable bonds is 6. The van der Waals surface area contributed by atoms with Crippen LogP contribution in [0.15, 0.2) is 54.6 Å². The molecule has 0 radical (unpaired) electrons. The van der Waals surface area contributed by atoms with Crippen molar-refractivity contribution in [1.29, 1.82) is 0 Å². The molecule has 0 heterocycles. The van der Waals surface area contributed by atoms with Crippen molar-refractivity contribution in [2.75, 3.05) is 11.8 Å². The van der Waals surface area contributed by atoms with Gasteiger partial charge in [0.05, 0.1) is 11.1 Å². The number of sulfonamides is 1. The number of nitrogens with one attached hydrogen (secondary N) is 1. The zero-order valence-electron chi connectivity index (χ0n) is 15.0. The largest absolute Gasteiger partial charge is 0.516 e. The van der Waals surface area contributed by atoms with Crippen molar-refractivity contribution in [3.05, 3.63) is 65.7 Å². The highest BCUT2D eigenvalue weighted by atomic mass is 32.2. The van der Waals surface area contributed by atoms with Crippen LogP contribution < -0.4 is 4.72 Å². The van der Waals surface area contributed by atoms with Gasteiger partial charge in [0, 0.05) is 13.6 Å². The number of alkyl halides is 3. The Morgan fingerprint density at radius 3 is 2.21 bits per heavy atom. The van der Waals surface area contributed by atoms with E-state index in [1.54, 1.807) is 17.8 Å². The molecule has 3 rings (SSSR count). The van der Waals surface area contributed by atoms with Crippen molar-refractivity contribution < 1.29 is 26.4 Å². The minimum Gasteiger partial charge on any atom is -0.341 e. The summed E-state index contributed by atoms with van der Waals surface area (Å²) >= 11 is 0. The normalized spacial score (nSPS) is 15.7. The van der Waals surface area contributed by atoms with Crippen LogP contribution in [-0.2, 0) is 26.8 Å². The summed E-state index contributed by atoms with van der Waals surface area (Å²) in [5, 5.41) is 0. The van der Waals surface area contributed by atoms with E-state index < -0.39 is 20.9 Å². The Labute approximate surface area is 161 Å². The molecule has 0 atom stereocenters. The highest BCUT2D eigenvalue weighted by molar-refractivity contribution is 7.93. The van der Waals surface area contributed by atoms with Gasteiger partial charge in [-0.3, -0.25) is 9.52 Å². The first-order chi connectivity index (χ1) is 13.1. The molecule has 2 aromatic carbocycles. The molecule has 1 amide bonds. The van der Waals surface area contributed by atoms with E-state index in [0.717, 1.165) is 5.56 Å². The number of anilines is 1. The topological polar surface area (TPSA) is 66.5 Å². The molecule has 0 saturated heterocycles. The molecule has 1 aliphatic carbocycles. The fraction of sp³-hybridized carbons (Fsp3) is 0.316. The lowest BCUT2D eigenvalue weighted by atomic mass is 9.94. The number of carbonyl (C=O) groups is 1. The average molecular weight is 412 g/mol. The molecule has 0 unspecified atom stereocenters. The monoisotopic (exact) mass is 412 g/mol. The van der Waals surface area contributed by atoms with E-state index in [9.17, 15) is 26.4 Å². The van der Waals surface area contributed by atoms with Crippen molar-refractivity contribution in [2.45, 2.75) is 30.3 Å². The molecule has 0 spiro atoms. The van der Waals surface area contributed by atoms with Crippen molar-refractivity contribution >= 4 is 21.6 Å². The van der Waals surface area contributed by atoms with Crippen LogP contribution in [0.3, 0.4) is 0 Å². The van der Waals surface area contributed by atoms with Gasteiger partial charge in [-0.1, -0.05) is 48.5 Å². The van der Waals surface area contributed by atoms with Crippen LogP contribution in [0.1, 0.15) is 24.0 Å². The number of hydrogen-bond acceptors (Lipinski definition) is 3. The maximum absolute atomic E-state index is 13.0. The van der Waals surface area contributed by atoms with Crippen molar-refractivity contribution in [2.24, 2.45) is 0 Å². The third-order valence-electron chi connectivity index (χ3n) is 4.81. The molecule has 150 valence electrons. The number of para-hydroxylation sites is 1. The molecular weight excluding hydrogens is 393 g/mol. The number of likely N-dealkylation sites (N-methyl/N-ethyl adjacent to an activating group) is 1. The SMILES string of the molecule is CN(Cc1ccccc1NS(=O)(=O)C(F)(F)F)C(=O)C1(c2ccccc2)CC1. The lowest BCUT2D eigenvalue weighted by Crippen LogP contribution is -2.36. The van der Waals surface area contributed by atoms with Crippen LogP contribution >= 0.6 is 0 Å². The molecule has 28 heavy (non-hydrogen) atoms. The Hall–Kier alpha value is -2.55.